The summed E-state index contributed by atoms with van der Waals surface area (Å²) in [6, 6.07) is 0. The van der Waals surface area contributed by atoms with Gasteiger partial charge in [-0.15, -0.1) is 0 Å². The number of rotatable bonds is 3. The van der Waals surface area contributed by atoms with Crippen LogP contribution in [0.5, 0.6) is 0 Å². The van der Waals surface area contributed by atoms with E-state index in [4.69, 9.17) is 15.8 Å². The van der Waals surface area contributed by atoms with Crippen LogP contribution in [-0.4, -0.2) is 0 Å². The summed E-state index contributed by atoms with van der Waals surface area (Å²) < 4.78 is 0. The van der Waals surface area contributed by atoms with Crippen molar-refractivity contribution in [3.05, 3.63) is 0 Å². The second-order valence-electron chi connectivity index (χ2n) is 1.71. The SMILES string of the molecule is C#N.C#N.C#N.CCCCCC. The van der Waals surface area contributed by atoms with Crippen LogP contribution in [0.15, 0.2) is 0 Å². The number of hydrogen-bond acceptors (Lipinski definition) is 3. The van der Waals surface area contributed by atoms with Crippen molar-refractivity contribution in [2.24, 2.45) is 0 Å². The van der Waals surface area contributed by atoms with E-state index in [1.807, 2.05) is 0 Å². The van der Waals surface area contributed by atoms with E-state index in [0.717, 1.165) is 0 Å². The molecule has 0 amide bonds. The zero-order valence-corrected chi connectivity index (χ0v) is 7.90. The molecule has 12 heavy (non-hydrogen) atoms. The quantitative estimate of drug-likeness (QED) is 0.606. The number of nitrogens with zero attached hydrogens (tertiary/aromatic N) is 3. The largest absolute Gasteiger partial charge is 0.202 e. The van der Waals surface area contributed by atoms with Gasteiger partial charge in [-0.05, 0) is 0 Å². The van der Waals surface area contributed by atoms with Gasteiger partial charge in [0.25, 0.3) is 0 Å². The Labute approximate surface area is 75.9 Å². The standard InChI is InChI=1S/C6H14.3CHN/c1-3-5-6-4-2;3*1-2/h3-6H2,1-2H3;3*1H. The third-order valence-electron chi connectivity index (χ3n) is 0.957. The van der Waals surface area contributed by atoms with Crippen molar-refractivity contribution in [3.8, 4) is 19.7 Å². The van der Waals surface area contributed by atoms with Gasteiger partial charge >= 0.3 is 0 Å². The van der Waals surface area contributed by atoms with Gasteiger partial charge in [-0.25, -0.2) is 15.8 Å². The lowest BCUT2D eigenvalue weighted by Crippen LogP contribution is -1.66. The molecule has 0 aliphatic rings. The average Bonchev–Trinajstić information content (AvgIpc) is 2.24. The van der Waals surface area contributed by atoms with Gasteiger partial charge in [0.15, 0.2) is 0 Å². The minimum absolute atomic E-state index is 1.36. The fourth-order valence-electron chi connectivity index (χ4n) is 0.500. The maximum absolute atomic E-state index is 6.50. The van der Waals surface area contributed by atoms with Crippen LogP contribution in [0.25, 0.3) is 0 Å². The van der Waals surface area contributed by atoms with Crippen LogP contribution in [-0.2, 0) is 0 Å². The molecule has 0 heterocycles. The van der Waals surface area contributed by atoms with Gasteiger partial charge in [0.2, 0.25) is 0 Å². The third-order valence-corrected chi connectivity index (χ3v) is 0.957. The Bertz CT molecular complexity index is 73.4. The zero-order valence-electron chi connectivity index (χ0n) is 7.90. The van der Waals surface area contributed by atoms with Crippen molar-refractivity contribution in [2.45, 2.75) is 39.5 Å². The van der Waals surface area contributed by atoms with Crippen molar-refractivity contribution < 1.29 is 0 Å². The van der Waals surface area contributed by atoms with Crippen LogP contribution < -0.4 is 0 Å². The summed E-state index contributed by atoms with van der Waals surface area (Å²) in [6.07, 6.45) is 5.54. The van der Waals surface area contributed by atoms with Crippen LogP contribution >= 0.6 is 0 Å². The maximum atomic E-state index is 6.50. The van der Waals surface area contributed by atoms with E-state index in [0.29, 0.717) is 0 Å². The molecular formula is C9H17N3. The fraction of sp³-hybridized carbons (Fsp3) is 0.667. The molecule has 0 radical (unpaired) electrons. The summed E-state index contributed by atoms with van der Waals surface area (Å²) in [4.78, 5) is 0. The lowest BCUT2D eigenvalue weighted by atomic mass is 10.2. The number of nitriles is 3. The molecule has 68 valence electrons. The molecule has 3 heteroatoms. The third kappa shape index (κ3) is 219. The van der Waals surface area contributed by atoms with Crippen LogP contribution in [0.1, 0.15) is 39.5 Å². The van der Waals surface area contributed by atoms with Gasteiger partial charge in [-0.2, -0.15) is 0 Å². The van der Waals surface area contributed by atoms with Gasteiger partial charge in [-0.3, -0.25) is 0 Å². The Hall–Kier alpha value is -1.53. The summed E-state index contributed by atoms with van der Waals surface area (Å²) in [6.45, 7) is 15.0. The van der Waals surface area contributed by atoms with Crippen LogP contribution in [0, 0.1) is 35.5 Å². The number of hydrogen-bond donors (Lipinski definition) is 0. The van der Waals surface area contributed by atoms with Gasteiger partial charge in [0.05, 0.1) is 0 Å². The summed E-state index contributed by atoms with van der Waals surface area (Å²) in [7, 11) is 0. The molecule has 0 aromatic carbocycles. The Morgan fingerprint density at radius 2 is 0.833 bits per heavy atom. The molecular weight excluding hydrogens is 150 g/mol. The molecule has 0 aliphatic heterocycles. The highest BCUT2D eigenvalue weighted by molar-refractivity contribution is 4.31. The molecule has 0 aromatic heterocycles. The van der Waals surface area contributed by atoms with E-state index >= 15 is 0 Å². The highest BCUT2D eigenvalue weighted by atomic mass is 14.2. The molecule has 0 spiro atoms. The monoisotopic (exact) mass is 167 g/mol. The first-order chi connectivity index (χ1) is 5.91. The zero-order chi connectivity index (χ0) is 10.8. The van der Waals surface area contributed by atoms with Crippen molar-refractivity contribution in [2.75, 3.05) is 0 Å². The Morgan fingerprint density at radius 1 is 0.667 bits per heavy atom. The highest BCUT2D eigenvalue weighted by Gasteiger charge is 1.75. The van der Waals surface area contributed by atoms with Gasteiger partial charge in [-0.1, -0.05) is 39.5 Å². The van der Waals surface area contributed by atoms with Crippen molar-refractivity contribution >= 4 is 0 Å². The second-order valence-corrected chi connectivity index (χ2v) is 1.71. The molecule has 0 atom stereocenters. The molecule has 3 nitrogen and oxygen atoms in total. The molecule has 0 bridgehead atoms. The topological polar surface area (TPSA) is 71.4 Å². The smallest absolute Gasteiger partial charge is 0.0462 e. The molecule has 0 N–H and O–H groups in total. The fourth-order valence-corrected chi connectivity index (χ4v) is 0.500. The van der Waals surface area contributed by atoms with Gasteiger partial charge < -0.3 is 0 Å². The lowest BCUT2D eigenvalue weighted by molar-refractivity contribution is 0.702. The molecule has 0 fully saturated rings. The molecule has 0 saturated heterocycles. The van der Waals surface area contributed by atoms with Gasteiger partial charge in [0.1, 0.15) is 0 Å². The van der Waals surface area contributed by atoms with Crippen molar-refractivity contribution in [1.82, 2.24) is 0 Å². The normalized spacial score (nSPS) is 5.00. The van der Waals surface area contributed by atoms with Crippen LogP contribution in [0.3, 0.4) is 0 Å². The van der Waals surface area contributed by atoms with Crippen LogP contribution in [0.2, 0.25) is 0 Å². The summed E-state index contributed by atoms with van der Waals surface area (Å²) >= 11 is 0. The first kappa shape index (κ1) is 22.4. The van der Waals surface area contributed by atoms with E-state index < -0.39 is 0 Å². The minimum Gasteiger partial charge on any atom is -0.202 e. The molecule has 0 aliphatic carbocycles. The maximum Gasteiger partial charge on any atom is 0.0462 e. The summed E-state index contributed by atoms with van der Waals surface area (Å²) in [5.41, 5.74) is 0. The van der Waals surface area contributed by atoms with E-state index in [2.05, 4.69) is 33.6 Å². The van der Waals surface area contributed by atoms with E-state index in [9.17, 15) is 0 Å². The van der Waals surface area contributed by atoms with E-state index in [1.165, 1.54) is 25.7 Å². The Balaban J connectivity index is -0.0000000453. The summed E-state index contributed by atoms with van der Waals surface area (Å²) in [5.74, 6) is 0. The minimum atomic E-state index is 1.36. The predicted octanol–water partition coefficient (Wildman–Crippen LogP) is 3.01. The Kier molecular flexibility index (Phi) is 208. The molecule has 0 aromatic rings. The van der Waals surface area contributed by atoms with Gasteiger partial charge in [0, 0.05) is 19.7 Å². The second kappa shape index (κ2) is 111. The van der Waals surface area contributed by atoms with Crippen molar-refractivity contribution in [3.63, 3.8) is 0 Å². The van der Waals surface area contributed by atoms with E-state index in [-0.39, 0.29) is 0 Å². The first-order valence-corrected chi connectivity index (χ1v) is 3.69. The molecule has 0 saturated carbocycles. The van der Waals surface area contributed by atoms with Crippen LogP contribution in [0.4, 0.5) is 0 Å². The van der Waals surface area contributed by atoms with E-state index in [1.54, 1.807) is 0 Å². The van der Waals surface area contributed by atoms with Crippen molar-refractivity contribution in [1.29, 1.82) is 15.8 Å². The number of unbranched alkanes of at least 4 members (excludes halogenated alkanes) is 3. The Morgan fingerprint density at radius 3 is 0.917 bits per heavy atom. The predicted molar refractivity (Wildman–Crippen MR) is 49.8 cm³/mol. The summed E-state index contributed by atoms with van der Waals surface area (Å²) in [5, 5.41) is 19.5. The lowest BCUT2D eigenvalue weighted by Gasteiger charge is -1.86. The first-order valence-electron chi connectivity index (χ1n) is 3.69. The average molecular weight is 167 g/mol. The molecule has 0 rings (SSSR count). The molecule has 0 unspecified atom stereocenters. The highest BCUT2D eigenvalue weighted by Crippen LogP contribution is 1.95.